The lowest BCUT2D eigenvalue weighted by Crippen LogP contribution is -2.14. The van der Waals surface area contributed by atoms with E-state index in [1.807, 2.05) is 6.07 Å². The molecule has 4 nitrogen and oxygen atoms in total. The Kier molecular flexibility index (Phi) is 6.43. The van der Waals surface area contributed by atoms with Crippen molar-refractivity contribution in [2.45, 2.75) is 19.3 Å². The number of nitrogens with zero attached hydrogens (tertiary/aromatic N) is 4. The minimum Gasteiger partial charge on any atom is -0.278 e. The van der Waals surface area contributed by atoms with Crippen LogP contribution < -0.4 is 0 Å². The quantitative estimate of drug-likeness (QED) is 0.184. The highest BCUT2D eigenvalue weighted by atomic mass is 32.1. The van der Waals surface area contributed by atoms with Crippen molar-refractivity contribution in [1.29, 1.82) is 0 Å². The Morgan fingerprint density at radius 3 is 1.98 bits per heavy atom. The van der Waals surface area contributed by atoms with E-state index in [4.69, 9.17) is 15.0 Å². The van der Waals surface area contributed by atoms with Crippen LogP contribution in [0.3, 0.4) is 0 Å². The molecule has 5 heteroatoms. The van der Waals surface area contributed by atoms with E-state index < -0.39 is 0 Å². The van der Waals surface area contributed by atoms with Crippen LogP contribution in [-0.2, 0) is 5.41 Å². The summed E-state index contributed by atoms with van der Waals surface area (Å²) in [5.74, 6) is 1.90. The van der Waals surface area contributed by atoms with Gasteiger partial charge in [0.2, 0.25) is 5.95 Å². The van der Waals surface area contributed by atoms with Crippen LogP contribution in [0.2, 0.25) is 0 Å². The number of thiophene rings is 1. The molecule has 3 heterocycles. The summed E-state index contributed by atoms with van der Waals surface area (Å²) in [6.07, 6.45) is 0. The van der Waals surface area contributed by atoms with E-state index in [1.54, 1.807) is 11.3 Å². The third kappa shape index (κ3) is 4.51. The average molecular weight is 697 g/mol. The molecule has 1 aliphatic rings. The number of benzene rings is 7. The predicted molar refractivity (Wildman–Crippen MR) is 221 cm³/mol. The van der Waals surface area contributed by atoms with Crippen LogP contribution in [0.5, 0.6) is 0 Å². The second-order valence-electron chi connectivity index (χ2n) is 14.4. The van der Waals surface area contributed by atoms with Gasteiger partial charge in [-0.25, -0.2) is 4.98 Å². The lowest BCUT2D eigenvalue weighted by atomic mass is 9.82. The van der Waals surface area contributed by atoms with E-state index in [0.717, 1.165) is 27.7 Å². The first-order valence-electron chi connectivity index (χ1n) is 18.0. The maximum absolute atomic E-state index is 5.37. The number of hydrogen-bond acceptors (Lipinski definition) is 4. The van der Waals surface area contributed by atoms with Crippen molar-refractivity contribution >= 4 is 53.3 Å². The fraction of sp³-hybridized carbons (Fsp3) is 0.0625. The molecule has 11 rings (SSSR count). The molecule has 0 N–H and O–H groups in total. The fourth-order valence-electron chi connectivity index (χ4n) is 8.46. The van der Waals surface area contributed by atoms with Gasteiger partial charge in [-0.3, -0.25) is 4.57 Å². The van der Waals surface area contributed by atoms with Crippen LogP contribution in [0.1, 0.15) is 25.0 Å². The van der Waals surface area contributed by atoms with E-state index in [-0.39, 0.29) is 5.41 Å². The zero-order valence-electron chi connectivity index (χ0n) is 29.2. The first-order valence-corrected chi connectivity index (χ1v) is 18.9. The number of hydrogen-bond donors (Lipinski definition) is 0. The predicted octanol–water partition coefficient (Wildman–Crippen LogP) is 12.6. The van der Waals surface area contributed by atoms with Gasteiger partial charge in [0, 0.05) is 47.5 Å². The highest BCUT2D eigenvalue weighted by Crippen LogP contribution is 2.51. The second kappa shape index (κ2) is 11.3. The molecular formula is C48H32N4S. The van der Waals surface area contributed by atoms with Crippen molar-refractivity contribution in [2.24, 2.45) is 0 Å². The Morgan fingerprint density at radius 1 is 0.453 bits per heavy atom. The molecule has 0 amide bonds. The summed E-state index contributed by atoms with van der Waals surface area (Å²) in [5.41, 5.74) is 11.6. The van der Waals surface area contributed by atoms with Crippen molar-refractivity contribution in [1.82, 2.24) is 19.5 Å². The standard InChI is InChI=1S/C48H32N4S/c1-48(2)39-20-9-6-15-32(39)37-28-42-38(27-40(37)48)33-16-7-10-21-41(33)52(42)47-50-45(31-25-23-30(24-26-31)29-13-4-3-5-14-29)49-46(51-47)36-19-12-18-35-34-17-8-11-22-43(34)53-44(35)36/h3-28H,1-2H3. The topological polar surface area (TPSA) is 43.6 Å². The van der Waals surface area contributed by atoms with Crippen LogP contribution in [-0.4, -0.2) is 19.5 Å². The summed E-state index contributed by atoms with van der Waals surface area (Å²) in [6.45, 7) is 4.68. The molecule has 0 atom stereocenters. The Hall–Kier alpha value is -6.43. The second-order valence-corrected chi connectivity index (χ2v) is 15.5. The minimum atomic E-state index is -0.105. The molecule has 3 aromatic heterocycles. The third-order valence-corrected chi connectivity index (χ3v) is 12.3. The van der Waals surface area contributed by atoms with Gasteiger partial charge < -0.3 is 0 Å². The van der Waals surface area contributed by atoms with Gasteiger partial charge in [-0.2, -0.15) is 9.97 Å². The van der Waals surface area contributed by atoms with Crippen molar-refractivity contribution < 1.29 is 0 Å². The van der Waals surface area contributed by atoms with Gasteiger partial charge in [0.1, 0.15) is 0 Å². The molecule has 0 unspecified atom stereocenters. The Bertz CT molecular complexity index is 3080. The molecule has 7 aromatic carbocycles. The van der Waals surface area contributed by atoms with Gasteiger partial charge in [-0.05, 0) is 63.7 Å². The van der Waals surface area contributed by atoms with E-state index in [2.05, 4.69) is 170 Å². The van der Waals surface area contributed by atoms with E-state index in [0.29, 0.717) is 17.6 Å². The molecule has 250 valence electrons. The first kappa shape index (κ1) is 30.2. The van der Waals surface area contributed by atoms with E-state index in [1.165, 1.54) is 58.8 Å². The van der Waals surface area contributed by atoms with E-state index >= 15 is 0 Å². The summed E-state index contributed by atoms with van der Waals surface area (Å²) < 4.78 is 4.67. The van der Waals surface area contributed by atoms with Crippen LogP contribution in [0.15, 0.2) is 158 Å². The van der Waals surface area contributed by atoms with Gasteiger partial charge in [0.15, 0.2) is 11.6 Å². The summed E-state index contributed by atoms with van der Waals surface area (Å²) in [7, 11) is 0. The summed E-state index contributed by atoms with van der Waals surface area (Å²) >= 11 is 1.79. The lowest BCUT2D eigenvalue weighted by molar-refractivity contribution is 0.661. The van der Waals surface area contributed by atoms with Gasteiger partial charge in [0.25, 0.3) is 0 Å². The number of aromatic nitrogens is 4. The van der Waals surface area contributed by atoms with E-state index in [9.17, 15) is 0 Å². The fourth-order valence-corrected chi connectivity index (χ4v) is 9.67. The molecule has 10 aromatic rings. The Morgan fingerprint density at radius 2 is 1.11 bits per heavy atom. The highest BCUT2D eigenvalue weighted by Gasteiger charge is 2.36. The molecule has 0 saturated carbocycles. The van der Waals surface area contributed by atoms with Crippen molar-refractivity contribution in [3.8, 4) is 51.0 Å². The summed E-state index contributed by atoms with van der Waals surface area (Å²) in [4.78, 5) is 15.9. The monoisotopic (exact) mass is 696 g/mol. The maximum Gasteiger partial charge on any atom is 0.238 e. The SMILES string of the molecule is CC1(C)c2ccccc2-c2cc3c(cc21)c1ccccc1n3-c1nc(-c2ccc(-c3ccccc3)cc2)nc(-c2cccc3c2sc2ccccc23)n1. The van der Waals surface area contributed by atoms with Gasteiger partial charge in [-0.1, -0.05) is 141 Å². The van der Waals surface area contributed by atoms with Gasteiger partial charge in [-0.15, -0.1) is 11.3 Å². The smallest absolute Gasteiger partial charge is 0.238 e. The normalized spacial score (nSPS) is 13.2. The zero-order valence-corrected chi connectivity index (χ0v) is 30.0. The molecule has 0 bridgehead atoms. The number of para-hydroxylation sites is 1. The maximum atomic E-state index is 5.37. The lowest BCUT2D eigenvalue weighted by Gasteiger charge is -2.21. The first-order chi connectivity index (χ1) is 26.0. The molecule has 0 fully saturated rings. The van der Waals surface area contributed by atoms with Gasteiger partial charge >= 0.3 is 0 Å². The molecule has 53 heavy (non-hydrogen) atoms. The molecule has 0 radical (unpaired) electrons. The van der Waals surface area contributed by atoms with Crippen molar-refractivity contribution in [2.75, 3.05) is 0 Å². The largest absolute Gasteiger partial charge is 0.278 e. The number of rotatable bonds is 4. The van der Waals surface area contributed by atoms with Crippen molar-refractivity contribution in [3.05, 3.63) is 169 Å². The summed E-state index contributed by atoms with van der Waals surface area (Å²) in [6, 6.07) is 56.4. The minimum absolute atomic E-state index is 0.105. The highest BCUT2D eigenvalue weighted by molar-refractivity contribution is 7.26. The summed E-state index contributed by atoms with van der Waals surface area (Å²) in [5, 5.41) is 4.84. The van der Waals surface area contributed by atoms with Crippen molar-refractivity contribution in [3.63, 3.8) is 0 Å². The van der Waals surface area contributed by atoms with Gasteiger partial charge in [0.05, 0.1) is 11.0 Å². The molecule has 1 aliphatic carbocycles. The van der Waals surface area contributed by atoms with Crippen LogP contribution in [0, 0.1) is 0 Å². The molecule has 0 spiro atoms. The average Bonchev–Trinajstić information content (AvgIpc) is 3.83. The zero-order chi connectivity index (χ0) is 35.3. The number of fused-ring (bicyclic) bond motifs is 9. The van der Waals surface area contributed by atoms with Crippen LogP contribution >= 0.6 is 11.3 Å². The molecule has 0 aliphatic heterocycles. The third-order valence-electron chi connectivity index (χ3n) is 11.1. The Labute approximate surface area is 310 Å². The molecular weight excluding hydrogens is 665 g/mol. The van der Waals surface area contributed by atoms with Crippen LogP contribution in [0.4, 0.5) is 0 Å². The van der Waals surface area contributed by atoms with Crippen LogP contribution in [0.25, 0.3) is 93.0 Å². The molecule has 0 saturated heterocycles. The Balaban J connectivity index is 1.19.